The Bertz CT molecular complexity index is 349. The molecule has 1 aliphatic rings. The molecule has 1 heterocycles. The molecule has 2 amide bonds. The highest BCUT2D eigenvalue weighted by Gasteiger charge is 2.39. The molecule has 1 atom stereocenters. The zero-order valence-corrected chi connectivity index (χ0v) is 9.32. The lowest BCUT2D eigenvalue weighted by Crippen LogP contribution is -2.41. The van der Waals surface area contributed by atoms with Crippen molar-refractivity contribution < 1.29 is 27.5 Å². The Morgan fingerprint density at radius 3 is 2.59 bits per heavy atom. The molecular weight excluding hydrogens is 239 g/mol. The summed E-state index contributed by atoms with van der Waals surface area (Å²) in [5, 5.41) is 0. The molecule has 0 saturated carbocycles. The van der Waals surface area contributed by atoms with Crippen LogP contribution in [0.15, 0.2) is 12.2 Å². The van der Waals surface area contributed by atoms with Gasteiger partial charge in [0.2, 0.25) is 0 Å². The van der Waals surface area contributed by atoms with Gasteiger partial charge in [-0.2, -0.15) is 13.2 Å². The predicted octanol–water partition coefficient (Wildman–Crippen LogP) is 2.11. The fraction of sp³-hybridized carbons (Fsp3) is 0.600. The van der Waals surface area contributed by atoms with Crippen molar-refractivity contribution in [3.05, 3.63) is 12.2 Å². The average Bonchev–Trinajstić information content (AvgIpc) is 2.55. The van der Waals surface area contributed by atoms with Gasteiger partial charge >= 0.3 is 12.3 Å². The number of halogens is 3. The third kappa shape index (κ3) is 3.47. The Morgan fingerprint density at radius 2 is 2.12 bits per heavy atom. The highest BCUT2D eigenvalue weighted by molar-refractivity contribution is 5.99. The molecule has 0 aromatic rings. The lowest BCUT2D eigenvalue weighted by Gasteiger charge is -2.21. The first-order valence-corrected chi connectivity index (χ1v) is 4.98. The minimum Gasteiger partial charge on any atom is -0.447 e. The zero-order chi connectivity index (χ0) is 13.2. The number of carbonyl (C=O) groups is 2. The van der Waals surface area contributed by atoms with E-state index >= 15 is 0 Å². The molecule has 0 aromatic carbocycles. The molecule has 7 heteroatoms. The van der Waals surface area contributed by atoms with Gasteiger partial charge in [0.15, 0.2) is 0 Å². The normalized spacial score (nSPS) is 21.4. The van der Waals surface area contributed by atoms with E-state index in [2.05, 4.69) is 4.74 Å². The lowest BCUT2D eigenvalue weighted by molar-refractivity contribution is -0.125. The van der Waals surface area contributed by atoms with Crippen LogP contribution in [0.25, 0.3) is 0 Å². The molecule has 0 N–H and O–H groups in total. The molecule has 0 spiro atoms. The van der Waals surface area contributed by atoms with Crippen molar-refractivity contribution in [1.82, 2.24) is 4.90 Å². The average molecular weight is 251 g/mol. The Hall–Kier alpha value is -1.53. The Kier molecular flexibility index (Phi) is 3.79. The first-order valence-electron chi connectivity index (χ1n) is 4.98. The van der Waals surface area contributed by atoms with Crippen LogP contribution in [0.5, 0.6) is 0 Å². The van der Waals surface area contributed by atoms with Crippen LogP contribution in [0.3, 0.4) is 0 Å². The van der Waals surface area contributed by atoms with Gasteiger partial charge in [0, 0.05) is 12.2 Å². The van der Waals surface area contributed by atoms with Gasteiger partial charge in [-0.25, -0.2) is 9.69 Å². The molecule has 4 nitrogen and oxygen atoms in total. The predicted molar refractivity (Wildman–Crippen MR) is 52.0 cm³/mol. The number of rotatable bonds is 2. The Morgan fingerprint density at radius 1 is 1.53 bits per heavy atom. The van der Waals surface area contributed by atoms with Crippen molar-refractivity contribution in [3.63, 3.8) is 0 Å². The van der Waals surface area contributed by atoms with Crippen molar-refractivity contribution in [1.29, 1.82) is 0 Å². The van der Waals surface area contributed by atoms with Crippen LogP contribution in [0.1, 0.15) is 13.8 Å². The summed E-state index contributed by atoms with van der Waals surface area (Å²) in [5.41, 5.74) is 0. The maximum absolute atomic E-state index is 11.9. The molecule has 1 rings (SSSR count). The van der Waals surface area contributed by atoms with Crippen LogP contribution in [-0.4, -0.2) is 35.7 Å². The minimum absolute atomic E-state index is 0.0160. The van der Waals surface area contributed by atoms with Crippen LogP contribution in [0, 0.1) is 5.92 Å². The van der Waals surface area contributed by atoms with Crippen LogP contribution in [-0.2, 0) is 9.53 Å². The van der Waals surface area contributed by atoms with E-state index in [0.717, 1.165) is 0 Å². The Labute approximate surface area is 96.0 Å². The monoisotopic (exact) mass is 251 g/mol. The molecule has 17 heavy (non-hydrogen) atoms. The molecule has 1 saturated heterocycles. The molecular formula is C10H12F3NO3. The van der Waals surface area contributed by atoms with Gasteiger partial charge in [-0.3, -0.25) is 4.79 Å². The van der Waals surface area contributed by atoms with Gasteiger partial charge in [0.05, 0.1) is 6.04 Å². The van der Waals surface area contributed by atoms with Crippen LogP contribution < -0.4 is 0 Å². The number of ether oxygens (including phenoxy) is 1. The van der Waals surface area contributed by atoms with E-state index < -0.39 is 24.2 Å². The van der Waals surface area contributed by atoms with E-state index in [1.807, 2.05) is 0 Å². The molecule has 1 aliphatic heterocycles. The summed E-state index contributed by atoms with van der Waals surface area (Å²) >= 11 is 0. The van der Waals surface area contributed by atoms with E-state index in [-0.39, 0.29) is 18.6 Å². The standard InChI is InChI=1S/C10H12F3NO3/c1-6(2)7-5-17-9(16)14(7)8(15)3-4-10(11,12)13/h3-4,6-7H,5H2,1-2H3/b4-3+/t7-/m1/s1. The lowest BCUT2D eigenvalue weighted by atomic mass is 10.0. The quantitative estimate of drug-likeness (QED) is 0.706. The van der Waals surface area contributed by atoms with Crippen LogP contribution >= 0.6 is 0 Å². The third-order valence-corrected chi connectivity index (χ3v) is 2.33. The number of hydrogen-bond donors (Lipinski definition) is 0. The number of amides is 2. The number of allylic oxidation sites excluding steroid dienone is 1. The van der Waals surface area contributed by atoms with Gasteiger partial charge < -0.3 is 4.74 Å². The summed E-state index contributed by atoms with van der Waals surface area (Å²) in [7, 11) is 0. The van der Waals surface area contributed by atoms with Gasteiger partial charge in [0.25, 0.3) is 5.91 Å². The second-order valence-electron chi connectivity index (χ2n) is 3.97. The maximum atomic E-state index is 11.9. The molecule has 0 bridgehead atoms. The largest absolute Gasteiger partial charge is 0.447 e. The van der Waals surface area contributed by atoms with Crippen LogP contribution in [0.2, 0.25) is 0 Å². The summed E-state index contributed by atoms with van der Waals surface area (Å²) < 4.78 is 40.3. The summed E-state index contributed by atoms with van der Waals surface area (Å²) in [6.07, 6.45) is -5.34. The topological polar surface area (TPSA) is 46.6 Å². The summed E-state index contributed by atoms with van der Waals surface area (Å²) in [4.78, 5) is 23.4. The molecule has 1 fully saturated rings. The van der Waals surface area contributed by atoms with Gasteiger partial charge in [-0.15, -0.1) is 0 Å². The highest BCUT2D eigenvalue weighted by atomic mass is 19.4. The minimum atomic E-state index is -4.58. The summed E-state index contributed by atoms with van der Waals surface area (Å²) in [5.74, 6) is -1.09. The first kappa shape index (κ1) is 13.5. The third-order valence-electron chi connectivity index (χ3n) is 2.33. The van der Waals surface area contributed by atoms with Crippen molar-refractivity contribution in [3.8, 4) is 0 Å². The van der Waals surface area contributed by atoms with Gasteiger partial charge in [-0.05, 0) is 5.92 Å². The second kappa shape index (κ2) is 4.77. The fourth-order valence-electron chi connectivity index (χ4n) is 1.43. The molecule has 0 unspecified atom stereocenters. The van der Waals surface area contributed by atoms with E-state index in [1.54, 1.807) is 13.8 Å². The number of alkyl halides is 3. The van der Waals surface area contributed by atoms with E-state index in [9.17, 15) is 22.8 Å². The fourth-order valence-corrected chi connectivity index (χ4v) is 1.43. The number of nitrogens with zero attached hydrogens (tertiary/aromatic N) is 1. The van der Waals surface area contributed by atoms with Gasteiger partial charge in [-0.1, -0.05) is 13.8 Å². The summed E-state index contributed by atoms with van der Waals surface area (Å²) in [6.45, 7) is 3.52. The molecule has 0 aromatic heterocycles. The summed E-state index contributed by atoms with van der Waals surface area (Å²) in [6, 6.07) is -0.520. The van der Waals surface area contributed by atoms with Crippen LogP contribution in [0.4, 0.5) is 18.0 Å². The highest BCUT2D eigenvalue weighted by Crippen LogP contribution is 2.21. The number of hydrogen-bond acceptors (Lipinski definition) is 3. The first-order chi connectivity index (χ1) is 7.72. The van der Waals surface area contributed by atoms with Crippen molar-refractivity contribution in [2.45, 2.75) is 26.1 Å². The number of cyclic esters (lactones) is 1. The molecule has 0 radical (unpaired) electrons. The zero-order valence-electron chi connectivity index (χ0n) is 9.32. The van der Waals surface area contributed by atoms with E-state index in [4.69, 9.17) is 0 Å². The van der Waals surface area contributed by atoms with Crippen molar-refractivity contribution >= 4 is 12.0 Å². The number of imide groups is 1. The van der Waals surface area contributed by atoms with E-state index in [0.29, 0.717) is 11.0 Å². The molecule has 96 valence electrons. The number of carbonyl (C=O) groups excluding carboxylic acids is 2. The van der Waals surface area contributed by atoms with Gasteiger partial charge in [0.1, 0.15) is 6.61 Å². The van der Waals surface area contributed by atoms with E-state index in [1.165, 1.54) is 0 Å². The second-order valence-corrected chi connectivity index (χ2v) is 3.97. The Balaban J connectivity index is 2.80. The molecule has 0 aliphatic carbocycles. The van der Waals surface area contributed by atoms with Crippen molar-refractivity contribution in [2.24, 2.45) is 5.92 Å². The maximum Gasteiger partial charge on any atom is 0.417 e. The van der Waals surface area contributed by atoms with Crippen molar-refractivity contribution in [2.75, 3.05) is 6.61 Å². The SMILES string of the molecule is CC(C)[C@H]1COC(=O)N1C(=O)/C=C/C(F)(F)F. The smallest absolute Gasteiger partial charge is 0.417 e.